The van der Waals surface area contributed by atoms with Crippen molar-refractivity contribution in [2.75, 3.05) is 6.54 Å². The molecule has 6 heteroatoms. The maximum atomic E-state index is 12.8. The minimum absolute atomic E-state index is 0.329. The lowest BCUT2D eigenvalue weighted by Crippen LogP contribution is -2.15. The fourth-order valence-electron chi connectivity index (χ4n) is 3.10. The molecule has 0 spiro atoms. The summed E-state index contributed by atoms with van der Waals surface area (Å²) < 4.78 is 38.3. The van der Waals surface area contributed by atoms with E-state index in [1.54, 1.807) is 0 Å². The number of phenolic OH excluding ortho intramolecular Hbond substituents is 1. The molecule has 3 rings (SSSR count). The maximum absolute atomic E-state index is 12.8. The minimum Gasteiger partial charge on any atom is -0.507 e. The van der Waals surface area contributed by atoms with Gasteiger partial charge in [-0.05, 0) is 61.1 Å². The van der Waals surface area contributed by atoms with Crippen LogP contribution in [0.5, 0.6) is 5.75 Å². The number of alkyl halides is 3. The lowest BCUT2D eigenvalue weighted by atomic mass is 9.85. The van der Waals surface area contributed by atoms with Crippen molar-refractivity contribution >= 4 is 5.71 Å². The number of aliphatic imine (C=N–C) groups is 1. The molecule has 1 aliphatic heterocycles. The third kappa shape index (κ3) is 2.98. The summed E-state index contributed by atoms with van der Waals surface area (Å²) >= 11 is 0. The van der Waals surface area contributed by atoms with Crippen molar-refractivity contribution in [1.82, 2.24) is 0 Å². The van der Waals surface area contributed by atoms with Crippen molar-refractivity contribution in [1.29, 1.82) is 0 Å². The van der Waals surface area contributed by atoms with Crippen LogP contribution >= 0.6 is 0 Å². The van der Waals surface area contributed by atoms with Crippen LogP contribution in [-0.4, -0.2) is 17.4 Å². The normalized spacial score (nSPS) is 18.9. The zero-order chi connectivity index (χ0) is 16.6. The van der Waals surface area contributed by atoms with Crippen LogP contribution in [0.2, 0.25) is 0 Å². The zero-order valence-electron chi connectivity index (χ0n) is 12.5. The smallest absolute Gasteiger partial charge is 0.416 e. The Balaban J connectivity index is 2.08. The van der Waals surface area contributed by atoms with Crippen molar-refractivity contribution < 1.29 is 18.3 Å². The van der Waals surface area contributed by atoms with Crippen molar-refractivity contribution in [2.24, 2.45) is 10.7 Å². The predicted molar refractivity (Wildman–Crippen MR) is 82.3 cm³/mol. The van der Waals surface area contributed by atoms with Gasteiger partial charge in [0, 0.05) is 11.3 Å². The van der Waals surface area contributed by atoms with Crippen molar-refractivity contribution in [3.8, 4) is 5.75 Å². The number of benzene rings is 1. The fourth-order valence-corrected chi connectivity index (χ4v) is 3.10. The van der Waals surface area contributed by atoms with Crippen molar-refractivity contribution in [3.63, 3.8) is 0 Å². The molecule has 1 aliphatic carbocycles. The van der Waals surface area contributed by atoms with Crippen LogP contribution in [0.4, 0.5) is 13.2 Å². The molecule has 0 atom stereocenters. The molecule has 0 radical (unpaired) electrons. The highest BCUT2D eigenvalue weighted by Gasteiger charge is 2.32. The summed E-state index contributed by atoms with van der Waals surface area (Å²) in [4.78, 5) is 4.44. The average Bonchev–Trinajstić information content (AvgIpc) is 2.66. The van der Waals surface area contributed by atoms with E-state index >= 15 is 0 Å². The Bertz CT molecular complexity index is 730. The number of hydrogen-bond acceptors (Lipinski definition) is 3. The van der Waals surface area contributed by atoms with Gasteiger partial charge in [0.1, 0.15) is 5.75 Å². The highest BCUT2D eigenvalue weighted by Crippen LogP contribution is 2.37. The summed E-state index contributed by atoms with van der Waals surface area (Å²) in [6.45, 7) is 0.356. The van der Waals surface area contributed by atoms with Crippen LogP contribution < -0.4 is 5.73 Å². The molecular formula is C17H17F3N2O. The second-order valence-electron chi connectivity index (χ2n) is 5.74. The molecule has 3 nitrogen and oxygen atoms in total. The topological polar surface area (TPSA) is 58.6 Å². The molecule has 0 bridgehead atoms. The molecule has 0 unspecified atom stereocenters. The van der Waals surface area contributed by atoms with E-state index in [0.29, 0.717) is 23.5 Å². The standard InChI is InChI=1S/C17H17F3N2O/c18-17(19,20)10-5-6-13(15(23)9-10)16-12-4-2-1-3-11(12)14(21)7-8-22-16/h5-7,9,23H,1-4,8,21H2. The predicted octanol–water partition coefficient (Wildman–Crippen LogP) is 3.93. The van der Waals surface area contributed by atoms with E-state index in [2.05, 4.69) is 4.99 Å². The molecule has 1 heterocycles. The van der Waals surface area contributed by atoms with Gasteiger partial charge in [-0.3, -0.25) is 4.99 Å². The van der Waals surface area contributed by atoms with Crippen molar-refractivity contribution in [2.45, 2.75) is 31.9 Å². The van der Waals surface area contributed by atoms with Gasteiger partial charge in [-0.25, -0.2) is 0 Å². The molecule has 0 saturated heterocycles. The summed E-state index contributed by atoms with van der Waals surface area (Å²) in [5.74, 6) is -0.406. The first-order valence-corrected chi connectivity index (χ1v) is 7.51. The lowest BCUT2D eigenvalue weighted by molar-refractivity contribution is -0.137. The molecule has 0 fully saturated rings. The first-order chi connectivity index (χ1) is 10.9. The van der Waals surface area contributed by atoms with E-state index in [9.17, 15) is 18.3 Å². The van der Waals surface area contributed by atoms with Crippen molar-refractivity contribution in [3.05, 3.63) is 52.2 Å². The Morgan fingerprint density at radius 1 is 1.09 bits per heavy atom. The molecule has 2 aliphatic rings. The second kappa shape index (κ2) is 5.76. The Morgan fingerprint density at radius 2 is 1.78 bits per heavy atom. The van der Waals surface area contributed by atoms with Gasteiger partial charge in [0.2, 0.25) is 0 Å². The summed E-state index contributed by atoms with van der Waals surface area (Å²) in [5, 5.41) is 10.1. The molecule has 0 saturated carbocycles. The van der Waals surface area contributed by atoms with E-state index in [1.807, 2.05) is 6.08 Å². The quantitative estimate of drug-likeness (QED) is 0.823. The summed E-state index contributed by atoms with van der Waals surface area (Å²) in [7, 11) is 0. The monoisotopic (exact) mass is 322 g/mol. The lowest BCUT2D eigenvalue weighted by Gasteiger charge is -2.21. The minimum atomic E-state index is -4.48. The Labute approximate surface area is 132 Å². The Hall–Kier alpha value is -2.24. The molecule has 3 N–H and O–H groups in total. The summed E-state index contributed by atoms with van der Waals surface area (Å²) in [6, 6.07) is 3.02. The van der Waals surface area contributed by atoms with Gasteiger partial charge in [-0.15, -0.1) is 0 Å². The van der Waals surface area contributed by atoms with E-state index in [1.165, 1.54) is 6.07 Å². The van der Waals surface area contributed by atoms with E-state index in [-0.39, 0.29) is 0 Å². The third-order valence-electron chi connectivity index (χ3n) is 4.24. The van der Waals surface area contributed by atoms with Crippen LogP contribution in [0.3, 0.4) is 0 Å². The number of aromatic hydroxyl groups is 1. The second-order valence-corrected chi connectivity index (χ2v) is 5.74. The molecule has 23 heavy (non-hydrogen) atoms. The molecule has 1 aromatic rings. The average molecular weight is 322 g/mol. The largest absolute Gasteiger partial charge is 0.507 e. The van der Waals surface area contributed by atoms with Crippen LogP contribution in [0.15, 0.2) is 46.1 Å². The Kier molecular flexibility index (Phi) is 3.92. The van der Waals surface area contributed by atoms with Gasteiger partial charge in [-0.2, -0.15) is 13.2 Å². The van der Waals surface area contributed by atoms with E-state index in [0.717, 1.165) is 49.0 Å². The molecule has 0 amide bonds. The summed E-state index contributed by atoms with van der Waals surface area (Å²) in [6.07, 6.45) is 0.935. The molecule has 122 valence electrons. The number of phenols is 1. The summed E-state index contributed by atoms with van der Waals surface area (Å²) in [5.41, 5.74) is 8.72. The molecule has 1 aromatic carbocycles. The van der Waals surface area contributed by atoms with Gasteiger partial charge in [-0.1, -0.05) is 0 Å². The maximum Gasteiger partial charge on any atom is 0.416 e. The SMILES string of the molecule is NC1=CCN=C(c2ccc(C(F)(F)F)cc2O)C2=C1CCCC2. The van der Waals surface area contributed by atoms with E-state index in [4.69, 9.17) is 5.73 Å². The first-order valence-electron chi connectivity index (χ1n) is 7.51. The first kappa shape index (κ1) is 15.6. The van der Waals surface area contributed by atoms with Gasteiger partial charge < -0.3 is 10.8 Å². The Morgan fingerprint density at radius 3 is 2.43 bits per heavy atom. The van der Waals surface area contributed by atoms with Crippen LogP contribution in [0.1, 0.15) is 36.8 Å². The number of nitrogens with zero attached hydrogens (tertiary/aromatic N) is 1. The van der Waals surface area contributed by atoms with Gasteiger partial charge in [0.05, 0.1) is 17.8 Å². The van der Waals surface area contributed by atoms with E-state index < -0.39 is 17.5 Å². The number of allylic oxidation sites excluding steroid dienone is 2. The van der Waals surface area contributed by atoms with Crippen LogP contribution in [0.25, 0.3) is 0 Å². The third-order valence-corrected chi connectivity index (χ3v) is 4.24. The number of nitrogens with two attached hydrogens (primary N) is 1. The number of rotatable bonds is 1. The van der Waals surface area contributed by atoms with Crippen LogP contribution in [0, 0.1) is 0 Å². The highest BCUT2D eigenvalue weighted by atomic mass is 19.4. The van der Waals surface area contributed by atoms with Gasteiger partial charge in [0.25, 0.3) is 0 Å². The highest BCUT2D eigenvalue weighted by molar-refractivity contribution is 6.15. The zero-order valence-corrected chi connectivity index (χ0v) is 12.5. The molecular weight excluding hydrogens is 305 g/mol. The number of halogens is 3. The number of hydrogen-bond donors (Lipinski definition) is 2. The van der Waals surface area contributed by atoms with Gasteiger partial charge >= 0.3 is 6.18 Å². The van der Waals surface area contributed by atoms with Gasteiger partial charge in [0.15, 0.2) is 0 Å². The molecule has 0 aromatic heterocycles. The van der Waals surface area contributed by atoms with Crippen LogP contribution in [-0.2, 0) is 6.18 Å². The fraction of sp³-hybridized carbons (Fsp3) is 0.353.